The van der Waals surface area contributed by atoms with Crippen LogP contribution in [0.15, 0.2) is 99.6 Å². The topological polar surface area (TPSA) is 118 Å². The Hall–Kier alpha value is -2.91. The van der Waals surface area contributed by atoms with Gasteiger partial charge in [0.1, 0.15) is 5.75 Å². The molecule has 0 atom stereocenters. The van der Waals surface area contributed by atoms with Gasteiger partial charge >= 0.3 is 11.5 Å². The van der Waals surface area contributed by atoms with Crippen LogP contribution < -0.4 is 4.74 Å². The number of sulfonamides is 1. The summed E-state index contributed by atoms with van der Waals surface area (Å²) in [4.78, 5) is 14.8. The zero-order chi connectivity index (χ0) is 25.7. The van der Waals surface area contributed by atoms with Gasteiger partial charge in [0.05, 0.1) is 10.9 Å². The normalized spacial score (nSPS) is 12.5. The van der Waals surface area contributed by atoms with Crippen molar-refractivity contribution in [1.29, 1.82) is 0 Å². The SMILES string of the molecule is O=C(COS(=O)(=O)[N-]S(=O)(=O)C(F)(F)F)Oc1ccc([S+](c2ccccc2)c2ccccc2)cc1. The first-order chi connectivity index (χ1) is 16.4. The van der Waals surface area contributed by atoms with Gasteiger partial charge in [-0.25, -0.2) is 21.6 Å². The van der Waals surface area contributed by atoms with E-state index in [-0.39, 0.29) is 5.75 Å². The Kier molecular flexibility index (Phi) is 8.22. The fourth-order valence-electron chi connectivity index (χ4n) is 2.63. The molecule has 0 saturated heterocycles. The molecule has 0 aliphatic rings. The van der Waals surface area contributed by atoms with Crippen molar-refractivity contribution >= 4 is 37.2 Å². The Morgan fingerprint density at radius 3 is 1.69 bits per heavy atom. The molecule has 0 unspecified atom stereocenters. The summed E-state index contributed by atoms with van der Waals surface area (Å²) in [6, 6.07) is 25.7. The first-order valence-electron chi connectivity index (χ1n) is 9.48. The lowest BCUT2D eigenvalue weighted by atomic mass is 10.3. The molecule has 0 fully saturated rings. The van der Waals surface area contributed by atoms with Crippen LogP contribution in [-0.2, 0) is 40.2 Å². The van der Waals surface area contributed by atoms with Gasteiger partial charge < -0.3 is 8.86 Å². The summed E-state index contributed by atoms with van der Waals surface area (Å²) in [5.41, 5.74) is -5.94. The summed E-state index contributed by atoms with van der Waals surface area (Å²) in [7, 11) is -12.4. The Bertz CT molecular complexity index is 1330. The minimum absolute atomic E-state index is 0.00396. The summed E-state index contributed by atoms with van der Waals surface area (Å²) < 4.78 is 91.7. The van der Waals surface area contributed by atoms with Crippen LogP contribution in [0.2, 0.25) is 0 Å². The van der Waals surface area contributed by atoms with Gasteiger partial charge in [0.15, 0.2) is 31.3 Å². The van der Waals surface area contributed by atoms with E-state index in [0.29, 0.717) is 0 Å². The van der Waals surface area contributed by atoms with Crippen molar-refractivity contribution in [1.82, 2.24) is 0 Å². The Labute approximate surface area is 202 Å². The van der Waals surface area contributed by atoms with E-state index in [9.17, 15) is 34.8 Å². The van der Waals surface area contributed by atoms with Gasteiger partial charge in [-0.2, -0.15) is 13.2 Å². The van der Waals surface area contributed by atoms with Crippen LogP contribution in [-0.4, -0.2) is 34.9 Å². The average Bonchev–Trinajstić information content (AvgIpc) is 2.79. The van der Waals surface area contributed by atoms with E-state index in [4.69, 9.17) is 4.74 Å². The molecule has 0 N–H and O–H groups in total. The van der Waals surface area contributed by atoms with Crippen molar-refractivity contribution in [2.75, 3.05) is 6.61 Å². The maximum absolute atomic E-state index is 12.3. The molecular formula is C21H16F3NO7S3. The van der Waals surface area contributed by atoms with Gasteiger partial charge in [0.25, 0.3) is 0 Å². The summed E-state index contributed by atoms with van der Waals surface area (Å²) in [5.74, 6) is -1.30. The molecule has 0 bridgehead atoms. The second kappa shape index (κ2) is 10.8. The first kappa shape index (κ1) is 26.7. The lowest BCUT2D eigenvalue weighted by molar-refractivity contribution is -0.136. The molecule has 0 amide bonds. The number of alkyl halides is 3. The molecule has 186 valence electrons. The Morgan fingerprint density at radius 2 is 1.23 bits per heavy atom. The smallest absolute Gasteiger partial charge is 0.425 e. The summed E-state index contributed by atoms with van der Waals surface area (Å²) >= 11 is 0. The van der Waals surface area contributed by atoms with Crippen LogP contribution in [0.25, 0.3) is 4.13 Å². The molecule has 14 heteroatoms. The fraction of sp³-hybridized carbons (Fsp3) is 0.0952. The van der Waals surface area contributed by atoms with E-state index in [1.807, 2.05) is 60.7 Å². The molecule has 0 aliphatic heterocycles. The third-order valence-corrected chi connectivity index (χ3v) is 8.80. The van der Waals surface area contributed by atoms with E-state index in [2.05, 4.69) is 4.18 Å². The maximum atomic E-state index is 12.3. The highest BCUT2D eigenvalue weighted by Crippen LogP contribution is 2.32. The third-order valence-electron chi connectivity index (χ3n) is 4.06. The van der Waals surface area contributed by atoms with Gasteiger partial charge in [-0.1, -0.05) is 36.4 Å². The van der Waals surface area contributed by atoms with Crippen LogP contribution in [0.3, 0.4) is 0 Å². The number of rotatable bonds is 9. The number of carbonyl (C=O) groups is 1. The summed E-state index contributed by atoms with van der Waals surface area (Å²) in [5, 5.41) is 0. The summed E-state index contributed by atoms with van der Waals surface area (Å²) in [6.45, 7) is -1.39. The van der Waals surface area contributed by atoms with Gasteiger partial charge in [-0.3, -0.25) is 4.18 Å². The number of halogens is 3. The number of hydrogen-bond acceptors (Lipinski definition) is 7. The average molecular weight is 548 g/mol. The number of hydrogen-bond donors (Lipinski definition) is 0. The molecule has 0 spiro atoms. The molecule has 3 aromatic rings. The monoisotopic (exact) mass is 547 g/mol. The second-order valence-corrected chi connectivity index (χ2v) is 11.7. The van der Waals surface area contributed by atoms with E-state index in [1.54, 1.807) is 16.3 Å². The van der Waals surface area contributed by atoms with E-state index >= 15 is 0 Å². The highest BCUT2D eigenvalue weighted by molar-refractivity contribution is 8.10. The van der Waals surface area contributed by atoms with Gasteiger partial charge in [0, 0.05) is 0 Å². The lowest BCUT2D eigenvalue weighted by Crippen LogP contribution is -2.26. The molecule has 35 heavy (non-hydrogen) atoms. The highest BCUT2D eigenvalue weighted by atomic mass is 32.3. The minimum atomic E-state index is -6.36. The molecule has 8 nitrogen and oxygen atoms in total. The zero-order valence-corrected chi connectivity index (χ0v) is 19.9. The summed E-state index contributed by atoms with van der Waals surface area (Å²) in [6.07, 6.45) is 0. The molecule has 0 saturated carbocycles. The predicted molar refractivity (Wildman–Crippen MR) is 120 cm³/mol. The number of benzene rings is 3. The van der Waals surface area contributed by atoms with Crippen LogP contribution in [0, 0.1) is 0 Å². The van der Waals surface area contributed by atoms with Crippen molar-refractivity contribution in [3.8, 4) is 5.75 Å². The van der Waals surface area contributed by atoms with Gasteiger partial charge in [0.2, 0.25) is 10.3 Å². The lowest BCUT2D eigenvalue weighted by Gasteiger charge is -2.21. The molecule has 0 aliphatic carbocycles. The van der Waals surface area contributed by atoms with Crippen molar-refractivity contribution in [2.45, 2.75) is 20.2 Å². The molecule has 3 rings (SSSR count). The molecular weight excluding hydrogens is 531 g/mol. The molecule has 0 aromatic heterocycles. The van der Waals surface area contributed by atoms with Crippen LogP contribution >= 0.6 is 0 Å². The van der Waals surface area contributed by atoms with E-state index < -0.39 is 49.3 Å². The zero-order valence-electron chi connectivity index (χ0n) is 17.5. The van der Waals surface area contributed by atoms with Crippen molar-refractivity contribution < 1.29 is 43.7 Å². The molecule has 3 aromatic carbocycles. The minimum Gasteiger partial charge on any atom is -0.425 e. The van der Waals surface area contributed by atoms with Crippen LogP contribution in [0.4, 0.5) is 13.2 Å². The van der Waals surface area contributed by atoms with E-state index in [0.717, 1.165) is 14.7 Å². The number of esters is 1. The first-order valence-corrected chi connectivity index (χ1v) is 13.5. The fourth-order valence-corrected chi connectivity index (χ4v) is 6.43. The Balaban J connectivity index is 1.68. The third kappa shape index (κ3) is 7.29. The second-order valence-electron chi connectivity index (χ2n) is 6.56. The van der Waals surface area contributed by atoms with Crippen LogP contribution in [0.5, 0.6) is 5.75 Å². The molecule has 0 heterocycles. The number of carbonyl (C=O) groups excluding carboxylic acids is 1. The predicted octanol–water partition coefficient (Wildman–Crippen LogP) is 4.17. The number of nitrogens with zero attached hydrogens (tertiary/aromatic N) is 1. The van der Waals surface area contributed by atoms with Gasteiger partial charge in [-0.15, -0.1) is 0 Å². The van der Waals surface area contributed by atoms with Gasteiger partial charge in [-0.05, 0) is 48.5 Å². The van der Waals surface area contributed by atoms with Crippen molar-refractivity contribution in [2.24, 2.45) is 0 Å². The molecule has 0 radical (unpaired) electrons. The number of ether oxygens (including phenoxy) is 1. The Morgan fingerprint density at radius 1 is 0.771 bits per heavy atom. The van der Waals surface area contributed by atoms with Crippen molar-refractivity contribution in [3.63, 3.8) is 0 Å². The van der Waals surface area contributed by atoms with Crippen molar-refractivity contribution in [3.05, 3.63) is 89.1 Å². The van der Waals surface area contributed by atoms with Crippen LogP contribution in [0.1, 0.15) is 0 Å². The quantitative estimate of drug-likeness (QED) is 0.224. The largest absolute Gasteiger partial charge is 0.480 e. The highest BCUT2D eigenvalue weighted by Gasteiger charge is 2.40. The van der Waals surface area contributed by atoms with E-state index in [1.165, 1.54) is 12.1 Å². The standard InChI is InChI=1S/C21H16F3NO7S3/c22-21(23,24)34(27,28)25-35(29,30)31-15-20(26)32-16-11-13-19(14-12-16)33(17-7-3-1-4-8-17)18-9-5-2-6-10-18/h1-14H,15H2. The maximum Gasteiger partial charge on any atom is 0.480 e.